The smallest absolute Gasteiger partial charge is 0.242 e. The van der Waals surface area contributed by atoms with E-state index in [0.717, 1.165) is 6.42 Å². The molecule has 0 heterocycles. The molecule has 0 aliphatic heterocycles. The average Bonchev–Trinajstić information content (AvgIpc) is 3.08. The summed E-state index contributed by atoms with van der Waals surface area (Å²) in [5, 5.41) is 2.79. The molecule has 1 fully saturated rings. The van der Waals surface area contributed by atoms with Crippen molar-refractivity contribution in [2.24, 2.45) is 11.8 Å². The third kappa shape index (κ3) is 2.86. The molecule has 20 heavy (non-hydrogen) atoms. The van der Waals surface area contributed by atoms with E-state index < -0.39 is 10.0 Å². The summed E-state index contributed by atoms with van der Waals surface area (Å²) >= 11 is 0. The number of amides is 1. The van der Waals surface area contributed by atoms with E-state index in [1.807, 2.05) is 6.92 Å². The lowest BCUT2D eigenvalue weighted by Crippen LogP contribution is -2.23. The van der Waals surface area contributed by atoms with Gasteiger partial charge in [0, 0.05) is 25.7 Å². The van der Waals surface area contributed by atoms with Crippen LogP contribution in [0.3, 0.4) is 0 Å². The Labute approximate surface area is 120 Å². The second-order valence-corrected chi connectivity index (χ2v) is 7.70. The van der Waals surface area contributed by atoms with Crippen molar-refractivity contribution in [1.29, 1.82) is 0 Å². The highest BCUT2D eigenvalue weighted by Crippen LogP contribution is 2.38. The zero-order valence-electron chi connectivity index (χ0n) is 12.2. The normalized spacial score (nSPS) is 21.9. The van der Waals surface area contributed by atoms with Crippen LogP contribution in [0.15, 0.2) is 23.1 Å². The van der Waals surface area contributed by atoms with E-state index in [1.165, 1.54) is 24.5 Å². The van der Waals surface area contributed by atoms with Gasteiger partial charge in [-0.15, -0.1) is 0 Å². The fourth-order valence-corrected chi connectivity index (χ4v) is 3.22. The quantitative estimate of drug-likeness (QED) is 0.922. The lowest BCUT2D eigenvalue weighted by atomic mass is 10.2. The SMILES string of the molecule is Cc1ccc(NC(=O)[C@H]2C[C@@H]2C)cc1S(=O)(=O)N(C)C. The Bertz CT molecular complexity index is 638. The number of carbonyl (C=O) groups is 1. The average molecular weight is 296 g/mol. The van der Waals surface area contributed by atoms with Gasteiger partial charge in [-0.05, 0) is 37.0 Å². The summed E-state index contributed by atoms with van der Waals surface area (Å²) in [4.78, 5) is 12.1. The van der Waals surface area contributed by atoms with Crippen molar-refractivity contribution in [3.63, 3.8) is 0 Å². The molecule has 1 aromatic carbocycles. The summed E-state index contributed by atoms with van der Waals surface area (Å²) in [5.41, 5.74) is 1.19. The van der Waals surface area contributed by atoms with E-state index in [1.54, 1.807) is 19.1 Å². The summed E-state index contributed by atoms with van der Waals surface area (Å²) in [6, 6.07) is 4.97. The van der Waals surface area contributed by atoms with Crippen molar-refractivity contribution in [3.8, 4) is 0 Å². The first kappa shape index (κ1) is 15.0. The molecule has 2 atom stereocenters. The number of hydrogen-bond acceptors (Lipinski definition) is 3. The summed E-state index contributed by atoms with van der Waals surface area (Å²) in [7, 11) is -0.515. The van der Waals surface area contributed by atoms with Crippen LogP contribution in [0.4, 0.5) is 5.69 Å². The Morgan fingerprint density at radius 2 is 1.95 bits per heavy atom. The number of rotatable bonds is 4. The number of aryl methyl sites for hydroxylation is 1. The van der Waals surface area contributed by atoms with Crippen molar-refractivity contribution < 1.29 is 13.2 Å². The zero-order chi connectivity index (χ0) is 15.1. The number of nitrogens with one attached hydrogen (secondary N) is 1. The molecule has 0 bridgehead atoms. The molecule has 0 spiro atoms. The Balaban J connectivity index is 2.27. The fraction of sp³-hybridized carbons (Fsp3) is 0.500. The molecule has 6 heteroatoms. The zero-order valence-corrected chi connectivity index (χ0v) is 13.0. The van der Waals surface area contributed by atoms with Gasteiger partial charge in [0.15, 0.2) is 0 Å². The Hall–Kier alpha value is -1.40. The molecule has 1 aromatic rings. The highest BCUT2D eigenvalue weighted by Gasteiger charge is 2.39. The van der Waals surface area contributed by atoms with Gasteiger partial charge >= 0.3 is 0 Å². The van der Waals surface area contributed by atoms with Crippen LogP contribution >= 0.6 is 0 Å². The Morgan fingerprint density at radius 3 is 2.45 bits per heavy atom. The Kier molecular flexibility index (Phi) is 3.88. The van der Waals surface area contributed by atoms with Crippen LogP contribution in [0, 0.1) is 18.8 Å². The minimum absolute atomic E-state index is 0.0328. The molecule has 1 N–H and O–H groups in total. The van der Waals surface area contributed by atoms with E-state index in [9.17, 15) is 13.2 Å². The van der Waals surface area contributed by atoms with E-state index in [2.05, 4.69) is 5.32 Å². The van der Waals surface area contributed by atoms with E-state index in [-0.39, 0.29) is 16.7 Å². The molecular weight excluding hydrogens is 276 g/mol. The molecule has 1 aliphatic rings. The molecule has 1 saturated carbocycles. The predicted molar refractivity (Wildman–Crippen MR) is 78.0 cm³/mol. The van der Waals surface area contributed by atoms with Crippen molar-refractivity contribution in [1.82, 2.24) is 4.31 Å². The molecule has 110 valence electrons. The van der Waals surface area contributed by atoms with Gasteiger partial charge in [0.25, 0.3) is 0 Å². The van der Waals surface area contributed by atoms with Crippen LogP contribution in [-0.4, -0.2) is 32.7 Å². The second-order valence-electron chi connectivity index (χ2n) is 5.58. The van der Waals surface area contributed by atoms with Gasteiger partial charge in [0.1, 0.15) is 0 Å². The molecule has 1 amide bonds. The Morgan fingerprint density at radius 1 is 1.35 bits per heavy atom. The van der Waals surface area contributed by atoms with Crippen molar-refractivity contribution in [3.05, 3.63) is 23.8 Å². The second kappa shape index (κ2) is 5.18. The van der Waals surface area contributed by atoms with Gasteiger partial charge in [0.2, 0.25) is 15.9 Å². The maximum Gasteiger partial charge on any atom is 0.242 e. The number of anilines is 1. The van der Waals surface area contributed by atoms with Gasteiger partial charge in [0.05, 0.1) is 4.90 Å². The van der Waals surface area contributed by atoms with Gasteiger partial charge in [-0.1, -0.05) is 13.0 Å². The predicted octanol–water partition coefficient (Wildman–Crippen LogP) is 1.84. The molecule has 0 aromatic heterocycles. The molecule has 0 radical (unpaired) electrons. The summed E-state index contributed by atoms with van der Waals surface area (Å²) in [5.74, 6) is 0.449. The van der Waals surface area contributed by atoms with Crippen molar-refractivity contribution >= 4 is 21.6 Å². The topological polar surface area (TPSA) is 66.5 Å². The van der Waals surface area contributed by atoms with Gasteiger partial charge in [-0.25, -0.2) is 12.7 Å². The highest BCUT2D eigenvalue weighted by molar-refractivity contribution is 7.89. The highest BCUT2D eigenvalue weighted by atomic mass is 32.2. The monoisotopic (exact) mass is 296 g/mol. The number of sulfonamides is 1. The van der Waals surface area contributed by atoms with Crippen LogP contribution in [0.1, 0.15) is 18.9 Å². The van der Waals surface area contributed by atoms with Crippen LogP contribution in [0.2, 0.25) is 0 Å². The molecule has 0 unspecified atom stereocenters. The van der Waals surface area contributed by atoms with E-state index in [4.69, 9.17) is 0 Å². The lowest BCUT2D eigenvalue weighted by molar-refractivity contribution is -0.117. The minimum atomic E-state index is -3.50. The number of carbonyl (C=O) groups excluding carboxylic acids is 1. The van der Waals surface area contributed by atoms with E-state index in [0.29, 0.717) is 17.2 Å². The summed E-state index contributed by atoms with van der Waals surface area (Å²) < 4.78 is 25.6. The molecule has 2 rings (SSSR count). The van der Waals surface area contributed by atoms with E-state index >= 15 is 0 Å². The number of benzene rings is 1. The first-order valence-corrected chi connectivity index (χ1v) is 8.01. The van der Waals surface area contributed by atoms with Crippen LogP contribution < -0.4 is 5.32 Å². The maximum atomic E-state index is 12.2. The number of hydrogen-bond donors (Lipinski definition) is 1. The van der Waals surface area contributed by atoms with Gasteiger partial charge < -0.3 is 5.32 Å². The summed E-state index contributed by atoms with van der Waals surface area (Å²) in [6.45, 7) is 3.77. The van der Waals surface area contributed by atoms with Crippen molar-refractivity contribution in [2.45, 2.75) is 25.2 Å². The lowest BCUT2D eigenvalue weighted by Gasteiger charge is -2.15. The molecular formula is C14H20N2O3S. The largest absolute Gasteiger partial charge is 0.326 e. The molecule has 0 saturated heterocycles. The fourth-order valence-electron chi connectivity index (χ4n) is 2.07. The standard InChI is InChI=1S/C14H20N2O3S/c1-9-5-6-11(15-14(17)12-7-10(12)2)8-13(9)20(18,19)16(3)4/h5-6,8,10,12H,7H2,1-4H3,(H,15,17)/t10-,12-/m0/s1. The van der Waals surface area contributed by atoms with Crippen LogP contribution in [0.5, 0.6) is 0 Å². The maximum absolute atomic E-state index is 12.2. The van der Waals surface area contributed by atoms with Crippen LogP contribution in [-0.2, 0) is 14.8 Å². The van der Waals surface area contributed by atoms with Gasteiger partial charge in [-0.2, -0.15) is 0 Å². The minimum Gasteiger partial charge on any atom is -0.326 e. The van der Waals surface area contributed by atoms with Gasteiger partial charge in [-0.3, -0.25) is 4.79 Å². The van der Waals surface area contributed by atoms with Crippen molar-refractivity contribution in [2.75, 3.05) is 19.4 Å². The molecule has 1 aliphatic carbocycles. The first-order valence-electron chi connectivity index (χ1n) is 6.57. The number of nitrogens with zero attached hydrogens (tertiary/aromatic N) is 1. The molecule has 5 nitrogen and oxygen atoms in total. The van der Waals surface area contributed by atoms with Crippen LogP contribution in [0.25, 0.3) is 0 Å². The first-order chi connectivity index (χ1) is 9.23. The third-order valence-corrected chi connectivity index (χ3v) is 5.62. The summed E-state index contributed by atoms with van der Waals surface area (Å²) in [6.07, 6.45) is 0.903. The third-order valence-electron chi connectivity index (χ3n) is 3.66.